The molecule has 0 aliphatic heterocycles. The van der Waals surface area contributed by atoms with Crippen molar-refractivity contribution in [2.45, 2.75) is 26.3 Å². The van der Waals surface area contributed by atoms with E-state index >= 15 is 0 Å². The number of ether oxygens (including phenoxy) is 2. The molecule has 3 heteroatoms. The first kappa shape index (κ1) is 10.9. The van der Waals surface area contributed by atoms with Gasteiger partial charge in [-0.25, -0.2) is 0 Å². The van der Waals surface area contributed by atoms with E-state index in [1.54, 1.807) is 0 Å². The molecule has 0 bridgehead atoms. The first-order valence-electron chi connectivity index (χ1n) is 4.18. The normalized spacial score (nSPS) is 13.4. The van der Waals surface area contributed by atoms with Crippen molar-refractivity contribution in [1.29, 1.82) is 0 Å². The van der Waals surface area contributed by atoms with E-state index in [4.69, 9.17) is 15.2 Å². The minimum Gasteiger partial charge on any atom is -0.379 e. The van der Waals surface area contributed by atoms with Crippen LogP contribution in [0.2, 0.25) is 0 Å². The van der Waals surface area contributed by atoms with Gasteiger partial charge in [0.2, 0.25) is 0 Å². The van der Waals surface area contributed by atoms with E-state index in [-0.39, 0.29) is 6.04 Å². The summed E-state index contributed by atoms with van der Waals surface area (Å²) in [7, 11) is 0. The van der Waals surface area contributed by atoms with Crippen LogP contribution in [0.25, 0.3) is 0 Å². The van der Waals surface area contributed by atoms with E-state index in [9.17, 15) is 0 Å². The number of rotatable bonds is 7. The lowest BCUT2D eigenvalue weighted by molar-refractivity contribution is 0.0443. The Morgan fingerprint density at radius 3 is 2.36 bits per heavy atom. The molecule has 68 valence electrons. The lowest BCUT2D eigenvalue weighted by atomic mass is 10.4. The maximum absolute atomic E-state index is 5.47. The second-order valence-electron chi connectivity index (χ2n) is 2.66. The van der Waals surface area contributed by atoms with Gasteiger partial charge in [-0.15, -0.1) is 0 Å². The second-order valence-corrected chi connectivity index (χ2v) is 2.66. The van der Waals surface area contributed by atoms with Crippen LogP contribution in [-0.4, -0.2) is 32.5 Å². The molecule has 2 N–H and O–H groups in total. The van der Waals surface area contributed by atoms with E-state index < -0.39 is 0 Å². The molecule has 0 rings (SSSR count). The molecule has 0 aromatic carbocycles. The Morgan fingerprint density at radius 2 is 1.82 bits per heavy atom. The summed E-state index contributed by atoms with van der Waals surface area (Å²) in [6.07, 6.45) is 1.06. The summed E-state index contributed by atoms with van der Waals surface area (Å²) < 4.78 is 10.4. The summed E-state index contributed by atoms with van der Waals surface area (Å²) in [5.41, 5.74) is 5.47. The second kappa shape index (κ2) is 7.98. The lowest BCUT2D eigenvalue weighted by Crippen LogP contribution is -2.23. The first-order valence-corrected chi connectivity index (χ1v) is 4.18. The molecule has 0 aliphatic rings. The molecule has 0 saturated heterocycles. The van der Waals surface area contributed by atoms with Crippen LogP contribution in [0, 0.1) is 0 Å². The Kier molecular flexibility index (Phi) is 7.89. The van der Waals surface area contributed by atoms with Gasteiger partial charge in [-0.3, -0.25) is 0 Å². The summed E-state index contributed by atoms with van der Waals surface area (Å²) in [6.45, 7) is 6.79. The van der Waals surface area contributed by atoms with Crippen molar-refractivity contribution in [2.24, 2.45) is 5.73 Å². The summed E-state index contributed by atoms with van der Waals surface area (Å²) in [5.74, 6) is 0. The van der Waals surface area contributed by atoms with Crippen molar-refractivity contribution >= 4 is 0 Å². The van der Waals surface area contributed by atoms with Gasteiger partial charge in [0, 0.05) is 12.6 Å². The van der Waals surface area contributed by atoms with Gasteiger partial charge < -0.3 is 15.2 Å². The summed E-state index contributed by atoms with van der Waals surface area (Å²) in [5, 5.41) is 0. The smallest absolute Gasteiger partial charge is 0.0701 e. The predicted octanol–water partition coefficient (Wildman–Crippen LogP) is 0.777. The van der Waals surface area contributed by atoms with E-state index in [2.05, 4.69) is 6.92 Å². The Bertz CT molecular complexity index is 76.5. The molecule has 0 heterocycles. The average Bonchev–Trinajstić information content (AvgIpc) is 1.96. The van der Waals surface area contributed by atoms with Crippen molar-refractivity contribution < 1.29 is 9.47 Å². The highest BCUT2D eigenvalue weighted by Gasteiger charge is 1.92. The van der Waals surface area contributed by atoms with Crippen molar-refractivity contribution in [3.63, 3.8) is 0 Å². The molecule has 0 spiro atoms. The van der Waals surface area contributed by atoms with Gasteiger partial charge in [-0.05, 0) is 13.3 Å². The van der Waals surface area contributed by atoms with Crippen LogP contribution >= 0.6 is 0 Å². The van der Waals surface area contributed by atoms with Gasteiger partial charge in [-0.2, -0.15) is 0 Å². The zero-order valence-corrected chi connectivity index (χ0v) is 7.51. The lowest BCUT2D eigenvalue weighted by Gasteiger charge is -2.06. The van der Waals surface area contributed by atoms with Crippen molar-refractivity contribution in [3.05, 3.63) is 0 Å². The molecular formula is C8H19NO2. The molecule has 0 aromatic rings. The highest BCUT2D eigenvalue weighted by Crippen LogP contribution is 1.83. The first-order chi connectivity index (χ1) is 5.27. The number of nitrogens with two attached hydrogens (primary N) is 1. The zero-order valence-electron chi connectivity index (χ0n) is 7.51. The monoisotopic (exact) mass is 161 g/mol. The van der Waals surface area contributed by atoms with Crippen LogP contribution in [0.1, 0.15) is 20.3 Å². The molecule has 0 saturated carbocycles. The Hall–Kier alpha value is -0.120. The predicted molar refractivity (Wildman–Crippen MR) is 45.6 cm³/mol. The molecule has 11 heavy (non-hydrogen) atoms. The maximum atomic E-state index is 5.47. The third kappa shape index (κ3) is 9.88. The minimum absolute atomic E-state index is 0.126. The molecule has 0 radical (unpaired) electrons. The highest BCUT2D eigenvalue weighted by molar-refractivity contribution is 4.47. The fraction of sp³-hybridized carbons (Fsp3) is 1.00. The van der Waals surface area contributed by atoms with Crippen LogP contribution in [0.15, 0.2) is 0 Å². The zero-order chi connectivity index (χ0) is 8.53. The van der Waals surface area contributed by atoms with Crippen LogP contribution in [-0.2, 0) is 9.47 Å². The Balaban J connectivity index is 2.80. The van der Waals surface area contributed by atoms with Crippen molar-refractivity contribution in [3.8, 4) is 0 Å². The third-order valence-corrected chi connectivity index (χ3v) is 1.10. The largest absolute Gasteiger partial charge is 0.379 e. The molecule has 0 aromatic heterocycles. The summed E-state index contributed by atoms with van der Waals surface area (Å²) >= 11 is 0. The van der Waals surface area contributed by atoms with Gasteiger partial charge in [0.05, 0.1) is 19.8 Å². The summed E-state index contributed by atoms with van der Waals surface area (Å²) in [6, 6.07) is 0.126. The molecule has 0 amide bonds. The van der Waals surface area contributed by atoms with Crippen LogP contribution in [0.4, 0.5) is 0 Å². The average molecular weight is 161 g/mol. The van der Waals surface area contributed by atoms with Gasteiger partial charge in [0.25, 0.3) is 0 Å². The number of hydrogen-bond donors (Lipinski definition) is 1. The van der Waals surface area contributed by atoms with Gasteiger partial charge in [0.1, 0.15) is 0 Å². The topological polar surface area (TPSA) is 44.5 Å². The van der Waals surface area contributed by atoms with Gasteiger partial charge in [0.15, 0.2) is 0 Å². The van der Waals surface area contributed by atoms with Crippen LogP contribution < -0.4 is 5.73 Å². The fourth-order valence-electron chi connectivity index (χ4n) is 0.633. The van der Waals surface area contributed by atoms with Crippen LogP contribution in [0.3, 0.4) is 0 Å². The van der Waals surface area contributed by atoms with Gasteiger partial charge in [-0.1, -0.05) is 6.92 Å². The number of hydrogen-bond acceptors (Lipinski definition) is 3. The molecule has 0 aliphatic carbocycles. The SMILES string of the molecule is CCCOCCOCC(C)N. The van der Waals surface area contributed by atoms with Gasteiger partial charge >= 0.3 is 0 Å². The highest BCUT2D eigenvalue weighted by atomic mass is 16.5. The van der Waals surface area contributed by atoms with E-state index in [1.807, 2.05) is 6.92 Å². The molecule has 3 nitrogen and oxygen atoms in total. The van der Waals surface area contributed by atoms with E-state index in [0.717, 1.165) is 13.0 Å². The molecule has 1 atom stereocenters. The minimum atomic E-state index is 0.126. The molecule has 0 fully saturated rings. The van der Waals surface area contributed by atoms with Crippen LogP contribution in [0.5, 0.6) is 0 Å². The van der Waals surface area contributed by atoms with E-state index in [0.29, 0.717) is 19.8 Å². The Morgan fingerprint density at radius 1 is 1.18 bits per heavy atom. The molecular weight excluding hydrogens is 142 g/mol. The van der Waals surface area contributed by atoms with E-state index in [1.165, 1.54) is 0 Å². The quantitative estimate of drug-likeness (QED) is 0.561. The third-order valence-electron chi connectivity index (χ3n) is 1.10. The molecule has 1 unspecified atom stereocenters. The van der Waals surface area contributed by atoms with Crippen molar-refractivity contribution in [2.75, 3.05) is 26.4 Å². The fourth-order valence-corrected chi connectivity index (χ4v) is 0.633. The Labute approximate surface area is 68.9 Å². The van der Waals surface area contributed by atoms with Crippen molar-refractivity contribution in [1.82, 2.24) is 0 Å². The standard InChI is InChI=1S/C8H19NO2/c1-3-4-10-5-6-11-7-8(2)9/h8H,3-7,9H2,1-2H3. The summed E-state index contributed by atoms with van der Waals surface area (Å²) in [4.78, 5) is 0. The maximum Gasteiger partial charge on any atom is 0.0701 e.